The third-order valence-corrected chi connectivity index (χ3v) is 4.74. The number of ether oxygens (including phenoxy) is 2. The lowest BCUT2D eigenvalue weighted by Gasteiger charge is -2.19. The molecule has 0 saturated carbocycles. The lowest BCUT2D eigenvalue weighted by Crippen LogP contribution is -2.33. The molecule has 0 aliphatic carbocycles. The third-order valence-electron chi connectivity index (χ3n) is 3.72. The molecule has 1 aromatic carbocycles. The lowest BCUT2D eigenvalue weighted by molar-refractivity contribution is -0.151. The second-order valence-electron chi connectivity index (χ2n) is 7.52. The van der Waals surface area contributed by atoms with Crippen molar-refractivity contribution >= 4 is 39.5 Å². The molecule has 158 valence electrons. The van der Waals surface area contributed by atoms with Gasteiger partial charge in [0.05, 0.1) is 16.8 Å². The maximum absolute atomic E-state index is 12.2. The summed E-state index contributed by atoms with van der Waals surface area (Å²) in [6, 6.07) is 7.78. The Labute approximate surface area is 174 Å². The molecule has 0 fully saturated rings. The highest BCUT2D eigenvalue weighted by Crippen LogP contribution is 2.22. The van der Waals surface area contributed by atoms with Crippen molar-refractivity contribution < 1.29 is 23.9 Å². The number of thiazole rings is 1. The number of aromatic nitrogens is 1. The minimum absolute atomic E-state index is 0.102. The third kappa shape index (κ3) is 8.06. The average molecular weight is 422 g/mol. The van der Waals surface area contributed by atoms with Gasteiger partial charge in [0.2, 0.25) is 0 Å². The first-order valence-electron chi connectivity index (χ1n) is 9.35. The molecule has 29 heavy (non-hydrogen) atoms. The van der Waals surface area contributed by atoms with E-state index in [9.17, 15) is 14.4 Å². The topological polar surface area (TPSA) is 97.8 Å². The number of alkyl carbamates (subject to hydrolysis) is 1. The van der Waals surface area contributed by atoms with Crippen LogP contribution in [0.1, 0.15) is 38.6 Å². The SMILES string of the molecule is CN(Cc1nc2ccccc2s1)C(=O)COC(=O)CCCNC(=O)OC(C)(C)C. The average Bonchev–Trinajstić information content (AvgIpc) is 3.04. The molecule has 9 heteroatoms. The van der Waals surface area contributed by atoms with Gasteiger partial charge in [-0.1, -0.05) is 12.1 Å². The van der Waals surface area contributed by atoms with Gasteiger partial charge in [0.25, 0.3) is 5.91 Å². The van der Waals surface area contributed by atoms with E-state index in [-0.39, 0.29) is 25.5 Å². The zero-order chi connectivity index (χ0) is 21.4. The molecule has 0 radical (unpaired) electrons. The Kier molecular flexibility index (Phi) is 7.95. The molecular formula is C20H27N3O5S. The summed E-state index contributed by atoms with van der Waals surface area (Å²) in [6.07, 6.45) is -0.0316. The first-order chi connectivity index (χ1) is 13.6. The number of nitrogens with one attached hydrogen (secondary N) is 1. The molecule has 1 heterocycles. The van der Waals surface area contributed by atoms with Crippen molar-refractivity contribution in [2.24, 2.45) is 0 Å². The van der Waals surface area contributed by atoms with Crippen LogP contribution in [0.3, 0.4) is 0 Å². The summed E-state index contributed by atoms with van der Waals surface area (Å²) in [6.45, 7) is 5.64. The Morgan fingerprint density at radius 2 is 1.93 bits per heavy atom. The van der Waals surface area contributed by atoms with Gasteiger partial charge in [-0.2, -0.15) is 0 Å². The maximum atomic E-state index is 12.2. The standard InChI is InChI=1S/C20H27N3O5S/c1-20(2,3)28-19(26)21-11-7-10-18(25)27-13-17(24)23(4)12-16-22-14-8-5-6-9-15(14)29-16/h5-6,8-9H,7,10-13H2,1-4H3,(H,21,26). The summed E-state index contributed by atoms with van der Waals surface area (Å²) in [5.74, 6) is -0.790. The number of esters is 1. The quantitative estimate of drug-likeness (QED) is 0.520. The second kappa shape index (κ2) is 10.2. The Balaban J connectivity index is 1.64. The van der Waals surface area contributed by atoms with Crippen molar-refractivity contribution in [3.8, 4) is 0 Å². The minimum atomic E-state index is -0.569. The van der Waals surface area contributed by atoms with Crippen molar-refractivity contribution in [3.05, 3.63) is 29.3 Å². The molecule has 2 aromatic rings. The number of rotatable bonds is 8. The van der Waals surface area contributed by atoms with Crippen LogP contribution >= 0.6 is 11.3 Å². The van der Waals surface area contributed by atoms with Crippen molar-refractivity contribution in [1.82, 2.24) is 15.2 Å². The largest absolute Gasteiger partial charge is 0.456 e. The van der Waals surface area contributed by atoms with Gasteiger partial charge >= 0.3 is 12.1 Å². The van der Waals surface area contributed by atoms with Gasteiger partial charge < -0.3 is 19.7 Å². The van der Waals surface area contributed by atoms with Crippen molar-refractivity contribution in [1.29, 1.82) is 0 Å². The first-order valence-corrected chi connectivity index (χ1v) is 10.2. The fourth-order valence-electron chi connectivity index (χ4n) is 2.34. The number of nitrogens with zero attached hydrogens (tertiary/aromatic N) is 2. The van der Waals surface area contributed by atoms with Gasteiger partial charge in [-0.25, -0.2) is 9.78 Å². The molecule has 8 nitrogen and oxygen atoms in total. The Morgan fingerprint density at radius 1 is 1.21 bits per heavy atom. The summed E-state index contributed by atoms with van der Waals surface area (Å²) in [5.41, 5.74) is 0.334. The van der Waals surface area contributed by atoms with E-state index >= 15 is 0 Å². The van der Waals surface area contributed by atoms with Crippen LogP contribution < -0.4 is 5.32 Å². The fourth-order valence-corrected chi connectivity index (χ4v) is 3.36. The van der Waals surface area contributed by atoms with E-state index in [1.165, 1.54) is 16.2 Å². The highest BCUT2D eigenvalue weighted by molar-refractivity contribution is 7.18. The van der Waals surface area contributed by atoms with Gasteiger partial charge in [0.15, 0.2) is 6.61 Å². The van der Waals surface area contributed by atoms with Gasteiger partial charge in [-0.05, 0) is 39.3 Å². The number of hydrogen-bond donors (Lipinski definition) is 1. The molecule has 0 unspecified atom stereocenters. The zero-order valence-electron chi connectivity index (χ0n) is 17.2. The Hall–Kier alpha value is -2.68. The van der Waals surface area contributed by atoms with Gasteiger partial charge in [0, 0.05) is 20.0 Å². The molecule has 0 spiro atoms. The van der Waals surface area contributed by atoms with Gasteiger partial charge in [0.1, 0.15) is 10.6 Å². The normalized spacial score (nSPS) is 11.2. The smallest absolute Gasteiger partial charge is 0.407 e. The molecule has 0 aliphatic rings. The highest BCUT2D eigenvalue weighted by Gasteiger charge is 2.16. The van der Waals surface area contributed by atoms with E-state index in [0.717, 1.165) is 15.2 Å². The van der Waals surface area contributed by atoms with E-state index in [1.54, 1.807) is 27.8 Å². The van der Waals surface area contributed by atoms with Crippen LogP contribution in [0.5, 0.6) is 0 Å². The fraction of sp³-hybridized carbons (Fsp3) is 0.500. The number of benzene rings is 1. The zero-order valence-corrected chi connectivity index (χ0v) is 18.0. The van der Waals surface area contributed by atoms with Crippen LogP contribution in [0.25, 0.3) is 10.2 Å². The molecule has 0 atom stereocenters. The van der Waals surface area contributed by atoms with Crippen LogP contribution in [0.4, 0.5) is 4.79 Å². The highest BCUT2D eigenvalue weighted by atomic mass is 32.1. The van der Waals surface area contributed by atoms with Crippen molar-refractivity contribution in [2.75, 3.05) is 20.2 Å². The van der Waals surface area contributed by atoms with E-state index in [2.05, 4.69) is 10.3 Å². The van der Waals surface area contributed by atoms with Crippen LogP contribution in [-0.4, -0.2) is 53.7 Å². The number of amides is 2. The van der Waals surface area contributed by atoms with Crippen molar-refractivity contribution in [2.45, 2.75) is 45.8 Å². The summed E-state index contributed by atoms with van der Waals surface area (Å²) in [7, 11) is 1.65. The molecule has 0 bridgehead atoms. The van der Waals surface area contributed by atoms with Crippen LogP contribution in [0, 0.1) is 0 Å². The molecule has 0 saturated heterocycles. The maximum Gasteiger partial charge on any atom is 0.407 e. The monoisotopic (exact) mass is 421 g/mol. The molecule has 2 rings (SSSR count). The van der Waals surface area contributed by atoms with Gasteiger partial charge in [-0.15, -0.1) is 11.3 Å². The van der Waals surface area contributed by atoms with Crippen LogP contribution in [0.2, 0.25) is 0 Å². The van der Waals surface area contributed by atoms with E-state index < -0.39 is 17.7 Å². The molecule has 1 aromatic heterocycles. The molecule has 2 amide bonds. The van der Waals surface area contributed by atoms with Gasteiger partial charge in [-0.3, -0.25) is 9.59 Å². The Morgan fingerprint density at radius 3 is 2.62 bits per heavy atom. The minimum Gasteiger partial charge on any atom is -0.456 e. The predicted molar refractivity (Wildman–Crippen MR) is 111 cm³/mol. The summed E-state index contributed by atoms with van der Waals surface area (Å²) in [5, 5.41) is 3.39. The number of carbonyl (C=O) groups excluding carboxylic acids is 3. The molecular weight excluding hydrogens is 394 g/mol. The van der Waals surface area contributed by atoms with Crippen LogP contribution in [-0.2, 0) is 25.6 Å². The van der Waals surface area contributed by atoms with E-state index in [4.69, 9.17) is 9.47 Å². The van der Waals surface area contributed by atoms with Crippen molar-refractivity contribution in [3.63, 3.8) is 0 Å². The van der Waals surface area contributed by atoms with E-state index in [1.807, 2.05) is 24.3 Å². The number of hydrogen-bond acceptors (Lipinski definition) is 7. The second-order valence-corrected chi connectivity index (χ2v) is 8.63. The summed E-state index contributed by atoms with van der Waals surface area (Å²) < 4.78 is 11.2. The number of para-hydroxylation sites is 1. The predicted octanol–water partition coefficient (Wildman–Crippen LogP) is 3.10. The summed E-state index contributed by atoms with van der Waals surface area (Å²) in [4.78, 5) is 41.4. The Bertz CT molecular complexity index is 826. The first kappa shape index (κ1) is 22.6. The van der Waals surface area contributed by atoms with Crippen LogP contribution in [0.15, 0.2) is 24.3 Å². The molecule has 0 aliphatic heterocycles. The number of fused-ring (bicyclic) bond motifs is 1. The number of likely N-dealkylation sites (N-methyl/N-ethyl adjacent to an activating group) is 1. The lowest BCUT2D eigenvalue weighted by atomic mass is 10.2. The summed E-state index contributed by atoms with van der Waals surface area (Å²) >= 11 is 1.53. The number of carbonyl (C=O) groups is 3. The van der Waals surface area contributed by atoms with E-state index in [0.29, 0.717) is 13.0 Å². The molecule has 1 N–H and O–H groups in total.